The summed E-state index contributed by atoms with van der Waals surface area (Å²) in [6, 6.07) is 9.95. The van der Waals surface area contributed by atoms with Crippen molar-refractivity contribution in [3.05, 3.63) is 41.4 Å². The molecule has 0 atom stereocenters. The van der Waals surface area contributed by atoms with Crippen LogP contribution in [0.15, 0.2) is 35.7 Å². The monoisotopic (exact) mass is 330 g/mol. The third-order valence-electron chi connectivity index (χ3n) is 3.90. The van der Waals surface area contributed by atoms with Gasteiger partial charge in [-0.15, -0.1) is 11.3 Å². The Bertz CT molecular complexity index is 623. The fourth-order valence-corrected chi connectivity index (χ4v) is 3.43. The highest BCUT2D eigenvalue weighted by Gasteiger charge is 2.12. The minimum absolute atomic E-state index is 0.0799. The molecule has 0 aliphatic carbocycles. The fourth-order valence-electron chi connectivity index (χ4n) is 2.62. The summed E-state index contributed by atoms with van der Waals surface area (Å²) < 4.78 is 0. The molecule has 6 heteroatoms. The van der Waals surface area contributed by atoms with Crippen LogP contribution in [-0.4, -0.2) is 55.1 Å². The van der Waals surface area contributed by atoms with E-state index in [1.807, 2.05) is 35.7 Å². The maximum Gasteiger partial charge on any atom is 0.270 e. The van der Waals surface area contributed by atoms with E-state index in [1.165, 1.54) is 11.3 Å². The Morgan fingerprint density at radius 2 is 2.04 bits per heavy atom. The van der Waals surface area contributed by atoms with Crippen molar-refractivity contribution in [2.75, 3.05) is 39.3 Å². The molecular formula is C17H22N4OS. The average molecular weight is 330 g/mol. The van der Waals surface area contributed by atoms with Crippen LogP contribution in [0.4, 0.5) is 0 Å². The number of thiazole rings is 1. The highest BCUT2D eigenvalue weighted by Crippen LogP contribution is 2.23. The summed E-state index contributed by atoms with van der Waals surface area (Å²) in [6.07, 6.45) is 0.974. The van der Waals surface area contributed by atoms with Gasteiger partial charge in [0.15, 0.2) is 0 Å². The van der Waals surface area contributed by atoms with Crippen molar-refractivity contribution in [1.29, 1.82) is 0 Å². The van der Waals surface area contributed by atoms with Crippen molar-refractivity contribution in [1.82, 2.24) is 20.5 Å². The van der Waals surface area contributed by atoms with Gasteiger partial charge < -0.3 is 15.5 Å². The second-order valence-electron chi connectivity index (χ2n) is 5.61. The molecule has 2 aromatic rings. The molecule has 0 bridgehead atoms. The smallest absolute Gasteiger partial charge is 0.270 e. The summed E-state index contributed by atoms with van der Waals surface area (Å²) in [5.74, 6) is -0.0799. The zero-order valence-corrected chi connectivity index (χ0v) is 13.9. The van der Waals surface area contributed by atoms with Gasteiger partial charge in [-0.05, 0) is 13.0 Å². The van der Waals surface area contributed by atoms with Crippen LogP contribution in [-0.2, 0) is 0 Å². The second kappa shape index (κ2) is 8.19. The molecule has 1 aliphatic heterocycles. The van der Waals surface area contributed by atoms with Crippen molar-refractivity contribution in [3.8, 4) is 10.6 Å². The lowest BCUT2D eigenvalue weighted by Gasteiger charge is -2.26. The summed E-state index contributed by atoms with van der Waals surface area (Å²) in [6.45, 7) is 6.05. The molecule has 3 rings (SSSR count). The van der Waals surface area contributed by atoms with E-state index in [0.717, 1.165) is 49.7 Å². The summed E-state index contributed by atoms with van der Waals surface area (Å²) >= 11 is 1.51. The Kier molecular flexibility index (Phi) is 5.74. The number of hydrogen-bond donors (Lipinski definition) is 2. The first-order valence-corrected chi connectivity index (χ1v) is 8.93. The molecule has 1 aromatic heterocycles. The zero-order chi connectivity index (χ0) is 15.9. The van der Waals surface area contributed by atoms with E-state index in [4.69, 9.17) is 0 Å². The van der Waals surface area contributed by atoms with E-state index in [9.17, 15) is 4.79 Å². The van der Waals surface area contributed by atoms with Crippen molar-refractivity contribution < 1.29 is 4.79 Å². The van der Waals surface area contributed by atoms with Crippen molar-refractivity contribution >= 4 is 17.2 Å². The molecule has 23 heavy (non-hydrogen) atoms. The quantitative estimate of drug-likeness (QED) is 0.794. The minimum atomic E-state index is -0.0799. The van der Waals surface area contributed by atoms with Gasteiger partial charge in [-0.3, -0.25) is 4.79 Å². The predicted octanol–water partition coefficient (Wildman–Crippen LogP) is 1.84. The topological polar surface area (TPSA) is 57.3 Å². The Hall–Kier alpha value is -1.76. The SMILES string of the molecule is O=C(NCCCN1CCNCC1)c1csc(-c2ccccc2)n1. The van der Waals surface area contributed by atoms with E-state index in [1.54, 1.807) is 0 Å². The first-order valence-electron chi connectivity index (χ1n) is 8.05. The third-order valence-corrected chi connectivity index (χ3v) is 4.80. The van der Waals surface area contributed by atoms with Crippen molar-refractivity contribution in [2.45, 2.75) is 6.42 Å². The van der Waals surface area contributed by atoms with Crippen LogP contribution in [0.25, 0.3) is 10.6 Å². The molecule has 0 unspecified atom stereocenters. The molecule has 0 saturated carbocycles. The molecule has 1 fully saturated rings. The number of benzene rings is 1. The van der Waals surface area contributed by atoms with Crippen LogP contribution in [0.5, 0.6) is 0 Å². The first kappa shape index (κ1) is 16.1. The number of piperazine rings is 1. The van der Waals surface area contributed by atoms with E-state index in [0.29, 0.717) is 12.2 Å². The van der Waals surface area contributed by atoms with Gasteiger partial charge in [0.2, 0.25) is 0 Å². The second-order valence-corrected chi connectivity index (χ2v) is 6.46. The Balaban J connectivity index is 1.44. The van der Waals surface area contributed by atoms with Gasteiger partial charge >= 0.3 is 0 Å². The molecule has 122 valence electrons. The molecule has 5 nitrogen and oxygen atoms in total. The van der Waals surface area contributed by atoms with Gasteiger partial charge in [-0.1, -0.05) is 30.3 Å². The van der Waals surface area contributed by atoms with Crippen molar-refractivity contribution in [3.63, 3.8) is 0 Å². The van der Waals surface area contributed by atoms with Gasteiger partial charge in [0.25, 0.3) is 5.91 Å². The molecular weight excluding hydrogens is 308 g/mol. The number of nitrogens with one attached hydrogen (secondary N) is 2. The molecule has 0 spiro atoms. The molecule has 1 aromatic carbocycles. The van der Waals surface area contributed by atoms with Gasteiger partial charge in [0, 0.05) is 43.7 Å². The van der Waals surface area contributed by atoms with Crippen LogP contribution in [0.3, 0.4) is 0 Å². The fraction of sp³-hybridized carbons (Fsp3) is 0.412. The Morgan fingerprint density at radius 3 is 2.83 bits per heavy atom. The third kappa shape index (κ3) is 4.60. The Morgan fingerprint density at radius 1 is 1.26 bits per heavy atom. The first-order chi connectivity index (χ1) is 11.3. The molecule has 2 N–H and O–H groups in total. The van der Waals surface area contributed by atoms with Crippen LogP contribution in [0.1, 0.15) is 16.9 Å². The number of nitrogens with zero attached hydrogens (tertiary/aromatic N) is 2. The summed E-state index contributed by atoms with van der Waals surface area (Å²) in [5.41, 5.74) is 1.56. The van der Waals surface area contributed by atoms with Gasteiger partial charge in [0.05, 0.1) is 0 Å². The maximum absolute atomic E-state index is 12.1. The van der Waals surface area contributed by atoms with E-state index >= 15 is 0 Å². The lowest BCUT2D eigenvalue weighted by Crippen LogP contribution is -2.44. The number of aromatic nitrogens is 1. The Labute approximate surface area is 140 Å². The molecule has 1 saturated heterocycles. The standard InChI is InChI=1S/C17H22N4OS/c22-16(19-7-4-10-21-11-8-18-9-12-21)15-13-23-17(20-15)14-5-2-1-3-6-14/h1-3,5-6,13,18H,4,7-12H2,(H,19,22). The highest BCUT2D eigenvalue weighted by molar-refractivity contribution is 7.13. The molecule has 1 amide bonds. The molecule has 0 radical (unpaired) electrons. The van der Waals surface area contributed by atoms with E-state index < -0.39 is 0 Å². The van der Waals surface area contributed by atoms with Crippen LogP contribution >= 0.6 is 11.3 Å². The van der Waals surface area contributed by atoms with Crippen LogP contribution in [0.2, 0.25) is 0 Å². The van der Waals surface area contributed by atoms with Gasteiger partial charge in [0.1, 0.15) is 10.7 Å². The number of carbonyl (C=O) groups excluding carboxylic acids is 1. The number of hydrogen-bond acceptors (Lipinski definition) is 5. The normalized spacial score (nSPS) is 15.5. The van der Waals surface area contributed by atoms with Crippen LogP contribution in [0, 0.1) is 0 Å². The predicted molar refractivity (Wildman–Crippen MR) is 93.8 cm³/mol. The highest BCUT2D eigenvalue weighted by atomic mass is 32.1. The molecule has 1 aliphatic rings. The number of amides is 1. The lowest BCUT2D eigenvalue weighted by atomic mass is 10.2. The minimum Gasteiger partial charge on any atom is -0.351 e. The summed E-state index contributed by atoms with van der Waals surface area (Å²) in [5, 5.41) is 9.02. The average Bonchev–Trinajstić information content (AvgIpc) is 3.10. The molecule has 2 heterocycles. The van der Waals surface area contributed by atoms with Gasteiger partial charge in [-0.2, -0.15) is 0 Å². The number of carbonyl (C=O) groups is 1. The van der Waals surface area contributed by atoms with E-state index in [2.05, 4.69) is 20.5 Å². The van der Waals surface area contributed by atoms with Crippen molar-refractivity contribution in [2.24, 2.45) is 0 Å². The lowest BCUT2D eigenvalue weighted by molar-refractivity contribution is 0.0947. The summed E-state index contributed by atoms with van der Waals surface area (Å²) in [7, 11) is 0. The maximum atomic E-state index is 12.1. The summed E-state index contributed by atoms with van der Waals surface area (Å²) in [4.78, 5) is 19.0. The number of rotatable bonds is 6. The largest absolute Gasteiger partial charge is 0.351 e. The van der Waals surface area contributed by atoms with Gasteiger partial charge in [-0.25, -0.2) is 4.98 Å². The zero-order valence-electron chi connectivity index (χ0n) is 13.1. The van der Waals surface area contributed by atoms with E-state index in [-0.39, 0.29) is 5.91 Å². The van der Waals surface area contributed by atoms with Crippen LogP contribution < -0.4 is 10.6 Å².